The van der Waals surface area contributed by atoms with Gasteiger partial charge in [-0.15, -0.1) is 0 Å². The first-order chi connectivity index (χ1) is 7.41. The van der Waals surface area contributed by atoms with Crippen molar-refractivity contribution in [3.05, 3.63) is 34.4 Å². The summed E-state index contributed by atoms with van der Waals surface area (Å²) < 4.78 is 56.0. The summed E-state index contributed by atoms with van der Waals surface area (Å²) in [6.45, 7) is -0.340. The molecule has 7 heteroatoms. The van der Waals surface area contributed by atoms with Crippen LogP contribution in [0.4, 0.5) is 17.6 Å². The van der Waals surface area contributed by atoms with E-state index in [9.17, 15) is 22.4 Å². The number of aliphatic hydroxyl groups excluding tert-OH is 1. The van der Waals surface area contributed by atoms with Crippen LogP contribution in [-0.2, 0) is 4.74 Å². The lowest BCUT2D eigenvalue weighted by Crippen LogP contribution is -2.15. The SMILES string of the molecule is Cc1c(F)c(F)c(C(=O)OCO)c(F)c1F. The van der Waals surface area contributed by atoms with Crippen molar-refractivity contribution in [1.82, 2.24) is 0 Å². The van der Waals surface area contributed by atoms with Gasteiger partial charge in [-0.25, -0.2) is 22.4 Å². The Morgan fingerprint density at radius 2 is 1.56 bits per heavy atom. The third kappa shape index (κ3) is 1.85. The van der Waals surface area contributed by atoms with Crippen molar-refractivity contribution >= 4 is 5.97 Å². The number of ether oxygens (including phenoxy) is 1. The van der Waals surface area contributed by atoms with Crippen LogP contribution in [-0.4, -0.2) is 17.9 Å². The molecule has 0 amide bonds. The Balaban J connectivity index is 3.45. The zero-order chi connectivity index (χ0) is 12.5. The number of benzene rings is 1. The van der Waals surface area contributed by atoms with Crippen molar-refractivity contribution in [2.75, 3.05) is 6.79 Å². The number of esters is 1. The van der Waals surface area contributed by atoms with Gasteiger partial charge in [-0.3, -0.25) is 0 Å². The van der Waals surface area contributed by atoms with Crippen LogP contribution in [0.1, 0.15) is 15.9 Å². The Kier molecular flexibility index (Phi) is 3.48. The highest BCUT2D eigenvalue weighted by Gasteiger charge is 2.28. The summed E-state index contributed by atoms with van der Waals surface area (Å²) in [5.41, 5.74) is -2.38. The predicted molar refractivity (Wildman–Crippen MR) is 43.5 cm³/mol. The normalized spacial score (nSPS) is 10.4. The average molecular weight is 238 g/mol. The fourth-order valence-electron chi connectivity index (χ4n) is 1.05. The zero-order valence-corrected chi connectivity index (χ0v) is 7.98. The molecule has 88 valence electrons. The minimum atomic E-state index is -1.85. The molecule has 0 saturated carbocycles. The molecule has 0 spiro atoms. The Morgan fingerprint density at radius 1 is 1.12 bits per heavy atom. The third-order valence-corrected chi connectivity index (χ3v) is 1.88. The molecule has 1 N–H and O–H groups in total. The second kappa shape index (κ2) is 4.48. The highest BCUT2D eigenvalue weighted by atomic mass is 19.2. The summed E-state index contributed by atoms with van der Waals surface area (Å²) in [4.78, 5) is 10.9. The summed E-state index contributed by atoms with van der Waals surface area (Å²) in [6.07, 6.45) is 0. The van der Waals surface area contributed by atoms with Crippen LogP contribution in [0.5, 0.6) is 0 Å². The van der Waals surface area contributed by atoms with Crippen molar-refractivity contribution in [2.45, 2.75) is 6.92 Å². The molecule has 16 heavy (non-hydrogen) atoms. The van der Waals surface area contributed by atoms with Crippen molar-refractivity contribution in [2.24, 2.45) is 0 Å². The van der Waals surface area contributed by atoms with Gasteiger partial charge < -0.3 is 9.84 Å². The van der Waals surface area contributed by atoms with Gasteiger partial charge in [0.1, 0.15) is 5.56 Å². The molecule has 0 atom stereocenters. The van der Waals surface area contributed by atoms with Crippen LogP contribution >= 0.6 is 0 Å². The Morgan fingerprint density at radius 3 is 1.94 bits per heavy atom. The first-order valence-electron chi connectivity index (χ1n) is 4.02. The van der Waals surface area contributed by atoms with E-state index in [4.69, 9.17) is 5.11 Å². The van der Waals surface area contributed by atoms with Gasteiger partial charge >= 0.3 is 5.97 Å². The minimum Gasteiger partial charge on any atom is -0.435 e. The summed E-state index contributed by atoms with van der Waals surface area (Å²) >= 11 is 0. The molecule has 0 aliphatic heterocycles. The fraction of sp³-hybridized carbons (Fsp3) is 0.222. The standard InChI is InChI=1S/C9H6F4O3/c1-3-5(10)7(12)4(8(13)6(3)11)9(15)16-2-14/h14H,2H2,1H3. The highest BCUT2D eigenvalue weighted by Crippen LogP contribution is 2.23. The van der Waals surface area contributed by atoms with Crippen molar-refractivity contribution < 1.29 is 32.2 Å². The van der Waals surface area contributed by atoms with E-state index in [1.807, 2.05) is 0 Å². The van der Waals surface area contributed by atoms with E-state index in [0.29, 0.717) is 0 Å². The topological polar surface area (TPSA) is 46.5 Å². The molecule has 1 aromatic carbocycles. The van der Waals surface area contributed by atoms with E-state index in [2.05, 4.69) is 4.74 Å². The third-order valence-electron chi connectivity index (χ3n) is 1.88. The number of hydrogen-bond donors (Lipinski definition) is 1. The minimum absolute atomic E-state index is 0.817. The molecule has 3 nitrogen and oxygen atoms in total. The Bertz CT molecular complexity index is 416. The van der Waals surface area contributed by atoms with Crippen LogP contribution in [0, 0.1) is 30.2 Å². The maximum atomic E-state index is 13.1. The lowest BCUT2D eigenvalue weighted by molar-refractivity contribution is 0.00571. The van der Waals surface area contributed by atoms with Crippen LogP contribution in [0.15, 0.2) is 0 Å². The number of halogens is 4. The highest BCUT2D eigenvalue weighted by molar-refractivity contribution is 5.90. The Labute approximate surface area is 87.3 Å². The van der Waals surface area contributed by atoms with Gasteiger partial charge in [-0.2, -0.15) is 0 Å². The quantitative estimate of drug-likeness (QED) is 0.369. The number of aliphatic hydroxyl groups is 1. The number of carbonyl (C=O) groups is 1. The van der Waals surface area contributed by atoms with E-state index in [0.717, 1.165) is 6.92 Å². The molecular weight excluding hydrogens is 232 g/mol. The smallest absolute Gasteiger partial charge is 0.346 e. The fourth-order valence-corrected chi connectivity index (χ4v) is 1.05. The Hall–Kier alpha value is -1.63. The molecule has 0 aromatic heterocycles. The second-order valence-corrected chi connectivity index (χ2v) is 2.82. The van der Waals surface area contributed by atoms with Crippen LogP contribution in [0.2, 0.25) is 0 Å². The maximum Gasteiger partial charge on any atom is 0.346 e. The molecule has 0 fully saturated rings. The van der Waals surface area contributed by atoms with Gasteiger partial charge in [0, 0.05) is 5.56 Å². The van der Waals surface area contributed by atoms with Crippen LogP contribution < -0.4 is 0 Å². The van der Waals surface area contributed by atoms with E-state index >= 15 is 0 Å². The average Bonchev–Trinajstić information content (AvgIpc) is 2.24. The summed E-state index contributed by atoms with van der Waals surface area (Å²) in [6, 6.07) is 0. The van der Waals surface area contributed by atoms with Crippen molar-refractivity contribution in [3.8, 4) is 0 Å². The van der Waals surface area contributed by atoms with Crippen molar-refractivity contribution in [1.29, 1.82) is 0 Å². The second-order valence-electron chi connectivity index (χ2n) is 2.82. The summed E-state index contributed by atoms with van der Waals surface area (Å²) in [5.74, 6) is -8.74. The first-order valence-corrected chi connectivity index (χ1v) is 4.02. The van der Waals surface area contributed by atoms with Gasteiger partial charge in [0.15, 0.2) is 30.1 Å². The van der Waals surface area contributed by atoms with Gasteiger partial charge in [0.25, 0.3) is 0 Å². The molecule has 1 rings (SSSR count). The summed E-state index contributed by atoms with van der Waals surface area (Å²) in [5, 5.41) is 8.20. The number of carbonyl (C=O) groups excluding carboxylic acids is 1. The monoisotopic (exact) mass is 238 g/mol. The molecule has 0 radical (unpaired) electrons. The van der Waals surface area contributed by atoms with E-state index in [-0.39, 0.29) is 0 Å². The van der Waals surface area contributed by atoms with Gasteiger partial charge in [-0.1, -0.05) is 0 Å². The number of rotatable bonds is 2. The zero-order valence-electron chi connectivity index (χ0n) is 7.98. The van der Waals surface area contributed by atoms with Gasteiger partial charge in [0.05, 0.1) is 0 Å². The number of hydrogen-bond acceptors (Lipinski definition) is 3. The molecule has 0 heterocycles. The molecule has 0 bridgehead atoms. The lowest BCUT2D eigenvalue weighted by Gasteiger charge is -2.08. The van der Waals surface area contributed by atoms with E-state index in [1.54, 1.807) is 0 Å². The molecule has 0 aliphatic carbocycles. The molecule has 1 aromatic rings. The first kappa shape index (κ1) is 12.4. The predicted octanol–water partition coefficient (Wildman–Crippen LogP) is 1.66. The van der Waals surface area contributed by atoms with E-state index in [1.165, 1.54) is 0 Å². The van der Waals surface area contributed by atoms with E-state index < -0.39 is 47.2 Å². The molecule has 0 unspecified atom stereocenters. The maximum absolute atomic E-state index is 13.1. The largest absolute Gasteiger partial charge is 0.435 e. The van der Waals surface area contributed by atoms with Crippen LogP contribution in [0.25, 0.3) is 0 Å². The molecule has 0 saturated heterocycles. The van der Waals surface area contributed by atoms with Gasteiger partial charge in [0.2, 0.25) is 0 Å². The summed E-state index contributed by atoms with van der Waals surface area (Å²) in [7, 11) is 0. The van der Waals surface area contributed by atoms with Gasteiger partial charge in [-0.05, 0) is 6.92 Å². The van der Waals surface area contributed by atoms with Crippen molar-refractivity contribution in [3.63, 3.8) is 0 Å². The molecular formula is C9H6F4O3. The van der Waals surface area contributed by atoms with Crippen LogP contribution in [0.3, 0.4) is 0 Å². The molecule has 0 aliphatic rings. The lowest BCUT2D eigenvalue weighted by atomic mass is 10.1.